The van der Waals surface area contributed by atoms with Crippen molar-refractivity contribution in [3.8, 4) is 0 Å². The number of rotatable bonds is 1. The third-order valence-corrected chi connectivity index (χ3v) is 0.567. The number of hydrogen-bond acceptors (Lipinski definition) is 1. The van der Waals surface area contributed by atoms with Crippen LogP contribution in [-0.2, 0) is 0 Å². The molecule has 0 aromatic carbocycles. The van der Waals surface area contributed by atoms with Gasteiger partial charge >= 0.3 is 0 Å². The fourth-order valence-corrected chi connectivity index (χ4v) is 0. The molecule has 0 unspecified atom stereocenters. The summed E-state index contributed by atoms with van der Waals surface area (Å²) in [6.45, 7) is 2.05. The molecule has 0 amide bonds. The normalized spacial score (nSPS) is 8.25. The SMILES string of the molecule is CCCCl.FN(F)F. The molecule has 52 valence electrons. The van der Waals surface area contributed by atoms with Gasteiger partial charge in [-0.05, 0) is 6.42 Å². The van der Waals surface area contributed by atoms with Crippen molar-refractivity contribution < 1.29 is 13.4 Å². The van der Waals surface area contributed by atoms with E-state index in [0.29, 0.717) is 0 Å². The van der Waals surface area contributed by atoms with Crippen molar-refractivity contribution in [2.24, 2.45) is 0 Å². The molecule has 0 aliphatic rings. The number of halogens is 4. The van der Waals surface area contributed by atoms with E-state index in [1.54, 1.807) is 0 Å². The molecule has 8 heavy (non-hydrogen) atoms. The molecule has 1 nitrogen and oxygen atoms in total. The quantitative estimate of drug-likeness (QED) is 0.409. The summed E-state index contributed by atoms with van der Waals surface area (Å²) in [5, 5.41) is 0. The second-order valence-electron chi connectivity index (χ2n) is 0.881. The van der Waals surface area contributed by atoms with E-state index < -0.39 is 5.57 Å². The highest BCUT2D eigenvalue weighted by atomic mass is 35.5. The monoisotopic (exact) mass is 149 g/mol. The highest BCUT2D eigenvalue weighted by Crippen LogP contribution is 1.82. The molecule has 0 fully saturated rings. The van der Waals surface area contributed by atoms with Crippen LogP contribution in [0.25, 0.3) is 0 Å². The maximum Gasteiger partial charge on any atom is 0.199 e. The smallest absolute Gasteiger partial charge is 0.127 e. The van der Waals surface area contributed by atoms with Crippen LogP contribution >= 0.6 is 11.6 Å². The van der Waals surface area contributed by atoms with Gasteiger partial charge in [-0.15, -0.1) is 11.6 Å². The van der Waals surface area contributed by atoms with Crippen molar-refractivity contribution in [3.05, 3.63) is 0 Å². The van der Waals surface area contributed by atoms with Gasteiger partial charge in [0.1, 0.15) is 0 Å². The van der Waals surface area contributed by atoms with Gasteiger partial charge in [-0.25, -0.2) is 0 Å². The summed E-state index contributed by atoms with van der Waals surface area (Å²) in [5.41, 5.74) is -2.50. The molecule has 0 bridgehead atoms. The Morgan fingerprint density at radius 3 is 1.50 bits per heavy atom. The van der Waals surface area contributed by atoms with E-state index in [1.807, 2.05) is 6.92 Å². The van der Waals surface area contributed by atoms with E-state index in [9.17, 15) is 13.4 Å². The maximum atomic E-state index is 9.50. The predicted molar refractivity (Wildman–Crippen MR) is 26.2 cm³/mol. The lowest BCUT2D eigenvalue weighted by Crippen LogP contribution is -1.72. The van der Waals surface area contributed by atoms with Gasteiger partial charge < -0.3 is 0 Å². The lowest BCUT2D eigenvalue weighted by Gasteiger charge is -1.67. The van der Waals surface area contributed by atoms with Crippen LogP contribution in [-0.4, -0.2) is 11.4 Å². The number of hydrogen-bond donors (Lipinski definition) is 0. The molecule has 0 atom stereocenters. The summed E-state index contributed by atoms with van der Waals surface area (Å²) < 4.78 is 28.5. The van der Waals surface area contributed by atoms with Crippen molar-refractivity contribution in [3.63, 3.8) is 0 Å². The summed E-state index contributed by atoms with van der Waals surface area (Å²) in [6, 6.07) is 0. The molecule has 0 spiro atoms. The molecule has 5 heteroatoms. The molecule has 0 aromatic rings. The van der Waals surface area contributed by atoms with Crippen LogP contribution in [0.3, 0.4) is 0 Å². The standard InChI is InChI=1S/C3H7Cl.F3N/c1-2-3-4;1-4(2)3/h2-3H2,1H3;. The van der Waals surface area contributed by atoms with E-state index in [4.69, 9.17) is 11.6 Å². The average molecular weight is 150 g/mol. The Hall–Kier alpha value is 0.0400. The van der Waals surface area contributed by atoms with Crippen LogP contribution in [0.1, 0.15) is 13.3 Å². The molecule has 0 heterocycles. The first-order valence-electron chi connectivity index (χ1n) is 1.98. The van der Waals surface area contributed by atoms with Crippen LogP contribution in [0.5, 0.6) is 0 Å². The first kappa shape index (κ1) is 10.9. The summed E-state index contributed by atoms with van der Waals surface area (Å²) in [5.74, 6) is 0.792. The van der Waals surface area contributed by atoms with Crippen LogP contribution in [0.15, 0.2) is 0 Å². The highest BCUT2D eigenvalue weighted by molar-refractivity contribution is 6.17. The second kappa shape index (κ2) is 10.1. The minimum atomic E-state index is -2.50. The van der Waals surface area contributed by atoms with Crippen molar-refractivity contribution in [2.75, 3.05) is 5.88 Å². The maximum absolute atomic E-state index is 9.50. The molecule has 0 aliphatic heterocycles. The fraction of sp³-hybridized carbons (Fsp3) is 1.00. The van der Waals surface area contributed by atoms with Gasteiger partial charge in [0.2, 0.25) is 0 Å². The molecule has 0 saturated carbocycles. The Balaban J connectivity index is 0. The minimum Gasteiger partial charge on any atom is -0.127 e. The largest absolute Gasteiger partial charge is 0.199 e. The topological polar surface area (TPSA) is 3.24 Å². The van der Waals surface area contributed by atoms with Crippen LogP contribution in [0, 0.1) is 0 Å². The highest BCUT2D eigenvalue weighted by Gasteiger charge is 1.80. The van der Waals surface area contributed by atoms with Gasteiger partial charge in [0.15, 0.2) is 5.57 Å². The number of alkyl halides is 1. The van der Waals surface area contributed by atoms with Crippen LogP contribution < -0.4 is 0 Å². The molecule has 0 rings (SSSR count). The van der Waals surface area contributed by atoms with Gasteiger partial charge in [0.05, 0.1) is 0 Å². The second-order valence-corrected chi connectivity index (χ2v) is 1.26. The third-order valence-electron chi connectivity index (χ3n) is 0.189. The van der Waals surface area contributed by atoms with E-state index in [1.165, 1.54) is 0 Å². The Morgan fingerprint density at radius 2 is 1.50 bits per heavy atom. The molecular formula is C3H7ClF3N. The Morgan fingerprint density at radius 1 is 1.38 bits per heavy atom. The molecule has 0 radical (unpaired) electrons. The summed E-state index contributed by atoms with van der Waals surface area (Å²) in [7, 11) is 0. The molecule has 0 aliphatic carbocycles. The molecule has 0 aromatic heterocycles. The van der Waals surface area contributed by atoms with Gasteiger partial charge in [-0.3, -0.25) is 0 Å². The van der Waals surface area contributed by atoms with Crippen LogP contribution in [0.2, 0.25) is 0 Å². The zero-order valence-electron chi connectivity index (χ0n) is 4.37. The number of nitrogens with zero attached hydrogens (tertiary/aromatic N) is 1. The van der Waals surface area contributed by atoms with Crippen molar-refractivity contribution in [2.45, 2.75) is 13.3 Å². The fourth-order valence-electron chi connectivity index (χ4n) is 0. The van der Waals surface area contributed by atoms with E-state index in [-0.39, 0.29) is 0 Å². The Bertz CT molecular complexity index is 31.0. The van der Waals surface area contributed by atoms with E-state index >= 15 is 0 Å². The first-order valence-corrected chi connectivity index (χ1v) is 2.52. The van der Waals surface area contributed by atoms with Crippen molar-refractivity contribution >= 4 is 11.6 Å². The van der Waals surface area contributed by atoms with Crippen molar-refractivity contribution in [1.29, 1.82) is 0 Å². The van der Waals surface area contributed by atoms with E-state index in [0.717, 1.165) is 12.3 Å². The van der Waals surface area contributed by atoms with Gasteiger partial charge in [0, 0.05) is 5.88 Å². The minimum absolute atomic E-state index is 0.792. The summed E-state index contributed by atoms with van der Waals surface area (Å²) >= 11 is 5.19. The summed E-state index contributed by atoms with van der Waals surface area (Å²) in [6.07, 6.45) is 1.08. The lowest BCUT2D eigenvalue weighted by molar-refractivity contribution is -0.295. The average Bonchev–Trinajstić information content (AvgIpc) is 1.65. The Labute approximate surface area is 50.8 Å². The third kappa shape index (κ3) is 142. The van der Waals surface area contributed by atoms with Crippen molar-refractivity contribution in [1.82, 2.24) is 5.57 Å². The van der Waals surface area contributed by atoms with Gasteiger partial charge in [-0.2, -0.15) is 0 Å². The van der Waals surface area contributed by atoms with Crippen LogP contribution in [0.4, 0.5) is 13.4 Å². The van der Waals surface area contributed by atoms with E-state index in [2.05, 4.69) is 0 Å². The molecule has 0 N–H and O–H groups in total. The molecule has 0 saturated heterocycles. The lowest BCUT2D eigenvalue weighted by atomic mass is 10.6. The molecular weight excluding hydrogens is 142 g/mol. The zero-order chi connectivity index (χ0) is 6.99. The zero-order valence-corrected chi connectivity index (χ0v) is 5.13. The Kier molecular flexibility index (Phi) is 13.8. The predicted octanol–water partition coefficient (Wildman–Crippen LogP) is 2.58. The first-order chi connectivity index (χ1) is 3.65. The van der Waals surface area contributed by atoms with Gasteiger partial charge in [-0.1, -0.05) is 20.4 Å². The summed E-state index contributed by atoms with van der Waals surface area (Å²) in [4.78, 5) is 0. The van der Waals surface area contributed by atoms with Gasteiger partial charge in [0.25, 0.3) is 0 Å².